The predicted molar refractivity (Wildman–Crippen MR) is 77.0 cm³/mol. The molecule has 0 aromatic heterocycles. The minimum Gasteiger partial charge on any atom is -0.369 e. The van der Waals surface area contributed by atoms with E-state index in [4.69, 9.17) is 11.5 Å². The lowest BCUT2D eigenvalue weighted by atomic mass is 10.3. The largest absolute Gasteiger partial charge is 0.369 e. The number of nitrogens with one attached hydrogen (secondary N) is 2. The quantitative estimate of drug-likeness (QED) is 0.431. The van der Waals surface area contributed by atoms with Gasteiger partial charge in [0.1, 0.15) is 0 Å². The zero-order valence-electron chi connectivity index (χ0n) is 11.9. The van der Waals surface area contributed by atoms with Crippen LogP contribution in [0.25, 0.3) is 0 Å². The normalized spacial score (nSPS) is 20.8. The van der Waals surface area contributed by atoms with Crippen molar-refractivity contribution in [2.45, 2.75) is 0 Å². The molecule has 8 heteroatoms. The molecule has 0 aromatic carbocycles. The van der Waals surface area contributed by atoms with Crippen LogP contribution < -0.4 is 22.1 Å². The van der Waals surface area contributed by atoms with Gasteiger partial charge in [-0.2, -0.15) is 0 Å². The van der Waals surface area contributed by atoms with Gasteiger partial charge in [-0.25, -0.2) is 0 Å². The van der Waals surface area contributed by atoms with Gasteiger partial charge in [0.25, 0.3) is 0 Å². The summed E-state index contributed by atoms with van der Waals surface area (Å²) in [6.07, 6.45) is 0. The molecule has 1 heterocycles. The molecule has 0 aliphatic carbocycles. The average molecular weight is 286 g/mol. The van der Waals surface area contributed by atoms with E-state index in [0.29, 0.717) is 0 Å². The van der Waals surface area contributed by atoms with Gasteiger partial charge in [0.2, 0.25) is 11.8 Å². The number of carbonyl (C=O) groups is 2. The zero-order valence-corrected chi connectivity index (χ0v) is 11.9. The lowest BCUT2D eigenvalue weighted by Gasteiger charge is -2.25. The summed E-state index contributed by atoms with van der Waals surface area (Å²) in [6, 6.07) is 0. The van der Waals surface area contributed by atoms with E-state index in [1.54, 1.807) is 0 Å². The second kappa shape index (κ2) is 9.65. The van der Waals surface area contributed by atoms with E-state index < -0.39 is 0 Å². The lowest BCUT2D eigenvalue weighted by Crippen LogP contribution is -2.46. The third-order valence-electron chi connectivity index (χ3n) is 3.18. The molecule has 0 unspecified atom stereocenters. The van der Waals surface area contributed by atoms with Crippen molar-refractivity contribution in [1.29, 1.82) is 0 Å². The Kier molecular flexibility index (Phi) is 8.12. The van der Waals surface area contributed by atoms with Gasteiger partial charge < -0.3 is 22.1 Å². The lowest BCUT2D eigenvalue weighted by molar-refractivity contribution is -0.119. The van der Waals surface area contributed by atoms with Crippen molar-refractivity contribution in [2.24, 2.45) is 11.5 Å². The maximum Gasteiger partial charge on any atom is 0.231 e. The number of nitrogens with two attached hydrogens (primary N) is 2. The highest BCUT2D eigenvalue weighted by atomic mass is 16.1. The van der Waals surface area contributed by atoms with Gasteiger partial charge in [-0.15, -0.1) is 0 Å². The van der Waals surface area contributed by atoms with Crippen LogP contribution in [0.15, 0.2) is 0 Å². The van der Waals surface area contributed by atoms with Crippen LogP contribution in [0, 0.1) is 0 Å². The molecule has 0 radical (unpaired) electrons. The Balaban J connectivity index is 2.37. The third-order valence-corrected chi connectivity index (χ3v) is 3.18. The Labute approximate surface area is 119 Å². The molecule has 0 saturated carbocycles. The molecular formula is C12H26N6O2. The molecule has 6 N–H and O–H groups in total. The van der Waals surface area contributed by atoms with E-state index in [1.807, 2.05) is 9.80 Å². The van der Waals surface area contributed by atoms with Crippen molar-refractivity contribution < 1.29 is 9.59 Å². The number of hydrogen-bond acceptors (Lipinski definition) is 6. The Hall–Kier alpha value is -1.22. The molecule has 0 spiro atoms. The maximum atomic E-state index is 11.0. The highest BCUT2D eigenvalue weighted by Crippen LogP contribution is 1.90. The van der Waals surface area contributed by atoms with Crippen LogP contribution in [-0.4, -0.2) is 87.1 Å². The maximum absolute atomic E-state index is 11.0. The zero-order chi connectivity index (χ0) is 14.8. The van der Waals surface area contributed by atoms with Crippen molar-refractivity contribution in [1.82, 2.24) is 20.4 Å². The molecular weight excluding hydrogens is 260 g/mol. The van der Waals surface area contributed by atoms with Gasteiger partial charge in [-0.1, -0.05) is 0 Å². The number of primary amides is 2. The Morgan fingerprint density at radius 1 is 0.750 bits per heavy atom. The molecule has 0 aromatic rings. The van der Waals surface area contributed by atoms with Crippen LogP contribution in [0.4, 0.5) is 0 Å². The highest BCUT2D eigenvalue weighted by Gasteiger charge is 2.11. The van der Waals surface area contributed by atoms with Crippen molar-refractivity contribution in [3.63, 3.8) is 0 Å². The van der Waals surface area contributed by atoms with Crippen LogP contribution in [0.2, 0.25) is 0 Å². The van der Waals surface area contributed by atoms with Crippen LogP contribution in [0.1, 0.15) is 0 Å². The minimum absolute atomic E-state index is 0.289. The fourth-order valence-electron chi connectivity index (χ4n) is 2.18. The van der Waals surface area contributed by atoms with Gasteiger partial charge in [0, 0.05) is 52.4 Å². The van der Waals surface area contributed by atoms with E-state index in [1.165, 1.54) is 0 Å². The van der Waals surface area contributed by atoms with E-state index in [0.717, 1.165) is 52.4 Å². The van der Waals surface area contributed by atoms with Crippen molar-refractivity contribution in [3.8, 4) is 0 Å². The van der Waals surface area contributed by atoms with Crippen molar-refractivity contribution in [2.75, 3.05) is 65.4 Å². The van der Waals surface area contributed by atoms with E-state index in [2.05, 4.69) is 10.6 Å². The number of amides is 2. The summed E-state index contributed by atoms with van der Waals surface area (Å²) in [5.41, 5.74) is 10.5. The number of hydrogen-bond donors (Lipinski definition) is 4. The molecule has 0 bridgehead atoms. The number of carbonyl (C=O) groups excluding carboxylic acids is 2. The fourth-order valence-corrected chi connectivity index (χ4v) is 2.18. The summed E-state index contributed by atoms with van der Waals surface area (Å²) >= 11 is 0. The summed E-state index contributed by atoms with van der Waals surface area (Å²) < 4.78 is 0. The highest BCUT2D eigenvalue weighted by molar-refractivity contribution is 5.76. The summed E-state index contributed by atoms with van der Waals surface area (Å²) in [6.45, 7) is 6.85. The molecule has 8 nitrogen and oxygen atoms in total. The molecule has 0 atom stereocenters. The van der Waals surface area contributed by atoms with Crippen molar-refractivity contribution in [3.05, 3.63) is 0 Å². The fraction of sp³-hybridized carbons (Fsp3) is 0.833. The molecule has 116 valence electrons. The first-order valence-electron chi connectivity index (χ1n) is 7.00. The molecule has 2 amide bonds. The number of rotatable bonds is 4. The summed E-state index contributed by atoms with van der Waals surface area (Å²) in [5.74, 6) is -0.602. The standard InChI is InChI=1S/C12H26N6O2/c13-11(19)9-17-5-1-15-2-6-18(10-12(14)20)8-4-16-3-7-17/h15-16H,1-10H2,(H2,13,19)(H2,14,20). The molecule has 1 rings (SSSR count). The summed E-state index contributed by atoms with van der Waals surface area (Å²) in [4.78, 5) is 26.0. The molecule has 1 aliphatic rings. The van der Waals surface area contributed by atoms with Gasteiger partial charge >= 0.3 is 0 Å². The minimum atomic E-state index is -0.301. The first kappa shape index (κ1) is 16.8. The predicted octanol–water partition coefficient (Wildman–Crippen LogP) is -3.25. The van der Waals surface area contributed by atoms with Crippen LogP contribution in [0.5, 0.6) is 0 Å². The van der Waals surface area contributed by atoms with Crippen LogP contribution in [-0.2, 0) is 9.59 Å². The second-order valence-electron chi connectivity index (χ2n) is 4.98. The molecule has 1 fully saturated rings. The van der Waals surface area contributed by atoms with Gasteiger partial charge in [-0.3, -0.25) is 19.4 Å². The van der Waals surface area contributed by atoms with Gasteiger partial charge in [-0.05, 0) is 0 Å². The first-order chi connectivity index (χ1) is 9.58. The average Bonchev–Trinajstić information content (AvgIpc) is 2.33. The van der Waals surface area contributed by atoms with Gasteiger partial charge in [0.15, 0.2) is 0 Å². The smallest absolute Gasteiger partial charge is 0.231 e. The SMILES string of the molecule is NC(=O)CN1CCNCCN(CC(N)=O)CCNCC1. The summed E-state index contributed by atoms with van der Waals surface area (Å²) in [7, 11) is 0. The molecule has 1 aliphatic heterocycles. The van der Waals surface area contributed by atoms with E-state index in [9.17, 15) is 9.59 Å². The second-order valence-corrected chi connectivity index (χ2v) is 4.98. The van der Waals surface area contributed by atoms with Crippen LogP contribution >= 0.6 is 0 Å². The topological polar surface area (TPSA) is 117 Å². The third kappa shape index (κ3) is 8.05. The van der Waals surface area contributed by atoms with E-state index >= 15 is 0 Å². The Morgan fingerprint density at radius 3 is 1.30 bits per heavy atom. The summed E-state index contributed by atoms with van der Waals surface area (Å²) in [5, 5.41) is 6.60. The molecule has 1 saturated heterocycles. The monoisotopic (exact) mass is 286 g/mol. The van der Waals surface area contributed by atoms with Crippen molar-refractivity contribution >= 4 is 11.8 Å². The Morgan fingerprint density at radius 2 is 1.05 bits per heavy atom. The Bertz CT molecular complexity index is 270. The molecule has 20 heavy (non-hydrogen) atoms. The number of nitrogens with zero attached hydrogens (tertiary/aromatic N) is 2. The van der Waals surface area contributed by atoms with Crippen LogP contribution in [0.3, 0.4) is 0 Å². The van der Waals surface area contributed by atoms with Gasteiger partial charge in [0.05, 0.1) is 13.1 Å². The van der Waals surface area contributed by atoms with E-state index in [-0.39, 0.29) is 24.9 Å². The first-order valence-corrected chi connectivity index (χ1v) is 7.00.